The average molecular weight is 399 g/mol. The van der Waals surface area contributed by atoms with Crippen LogP contribution in [0.1, 0.15) is 32.7 Å². The van der Waals surface area contributed by atoms with Gasteiger partial charge in [-0.2, -0.15) is 0 Å². The second-order valence-corrected chi connectivity index (χ2v) is 8.05. The lowest BCUT2D eigenvalue weighted by Gasteiger charge is -2.36. The zero-order valence-corrected chi connectivity index (χ0v) is 17.0. The molecule has 29 heavy (non-hydrogen) atoms. The van der Waals surface area contributed by atoms with Gasteiger partial charge in [0, 0.05) is 36.9 Å². The zero-order valence-electron chi connectivity index (χ0n) is 17.0. The summed E-state index contributed by atoms with van der Waals surface area (Å²) in [7, 11) is 0. The molecule has 0 spiro atoms. The van der Waals surface area contributed by atoms with Crippen LogP contribution >= 0.6 is 0 Å². The van der Waals surface area contributed by atoms with Crippen LogP contribution in [0, 0.1) is 5.92 Å². The molecule has 9 heteroatoms. The first kappa shape index (κ1) is 19.8. The van der Waals surface area contributed by atoms with Crippen LogP contribution in [0.4, 0.5) is 10.5 Å². The highest BCUT2D eigenvalue weighted by Gasteiger charge is 2.28. The molecular formula is C20H29N7O2. The number of urea groups is 1. The molecule has 1 aliphatic carbocycles. The third-order valence-corrected chi connectivity index (χ3v) is 5.54. The molecule has 2 fully saturated rings. The van der Waals surface area contributed by atoms with Crippen LogP contribution in [0.15, 0.2) is 24.3 Å². The van der Waals surface area contributed by atoms with Crippen LogP contribution in [0.5, 0.6) is 0 Å². The summed E-state index contributed by atoms with van der Waals surface area (Å²) < 4.78 is 7.32. The average Bonchev–Trinajstić information content (AvgIpc) is 3.46. The highest BCUT2D eigenvalue weighted by molar-refractivity contribution is 5.89. The number of rotatable bonds is 7. The summed E-state index contributed by atoms with van der Waals surface area (Å²) in [6.45, 7) is 8.32. The highest BCUT2D eigenvalue weighted by atomic mass is 16.5. The number of ether oxygens (including phenoxy) is 1. The Bertz CT molecular complexity index is 810. The largest absolute Gasteiger partial charge is 0.379 e. The Morgan fingerprint density at radius 2 is 1.93 bits per heavy atom. The van der Waals surface area contributed by atoms with Gasteiger partial charge in [0.15, 0.2) is 5.82 Å². The van der Waals surface area contributed by atoms with Crippen LogP contribution in [0.2, 0.25) is 0 Å². The quantitative estimate of drug-likeness (QED) is 0.740. The van der Waals surface area contributed by atoms with E-state index in [9.17, 15) is 4.79 Å². The van der Waals surface area contributed by atoms with Crippen LogP contribution in [0.25, 0.3) is 11.4 Å². The van der Waals surface area contributed by atoms with Gasteiger partial charge in [-0.05, 0) is 53.5 Å². The number of anilines is 1. The van der Waals surface area contributed by atoms with Gasteiger partial charge in [-0.3, -0.25) is 4.90 Å². The topological polar surface area (TPSA) is 97.2 Å². The molecule has 1 saturated heterocycles. The number of tetrazole rings is 1. The molecule has 2 N–H and O–H groups in total. The van der Waals surface area contributed by atoms with E-state index in [1.807, 2.05) is 28.9 Å². The van der Waals surface area contributed by atoms with Gasteiger partial charge >= 0.3 is 6.03 Å². The van der Waals surface area contributed by atoms with Crippen molar-refractivity contribution in [3.8, 4) is 11.4 Å². The summed E-state index contributed by atoms with van der Waals surface area (Å²) in [4.78, 5) is 14.8. The van der Waals surface area contributed by atoms with Gasteiger partial charge in [0.2, 0.25) is 0 Å². The Kier molecular flexibility index (Phi) is 6.05. The summed E-state index contributed by atoms with van der Waals surface area (Å²) >= 11 is 0. The molecule has 2 amide bonds. The standard InChI is InChI=1S/C20H29N7O2/c1-14(2)18(26-9-11-29-12-10-26)13-21-20(28)22-16-5-3-15(4-6-16)19-23-24-25-27(19)17-7-8-17/h3-6,14,17-18H,7-13H2,1-2H3,(H2,21,22,28). The highest BCUT2D eigenvalue weighted by Crippen LogP contribution is 2.36. The van der Waals surface area contributed by atoms with Crippen LogP contribution in [-0.4, -0.2) is 70.0 Å². The van der Waals surface area contributed by atoms with E-state index in [1.54, 1.807) is 0 Å². The van der Waals surface area contributed by atoms with Crippen molar-refractivity contribution in [2.75, 3.05) is 38.2 Å². The predicted octanol–water partition coefficient (Wildman–Crippen LogP) is 2.15. The van der Waals surface area contributed by atoms with Gasteiger partial charge in [0.1, 0.15) is 0 Å². The van der Waals surface area contributed by atoms with E-state index < -0.39 is 0 Å². The van der Waals surface area contributed by atoms with E-state index in [1.165, 1.54) is 0 Å². The summed E-state index contributed by atoms with van der Waals surface area (Å²) in [6, 6.07) is 8.15. The number of hydrogen-bond donors (Lipinski definition) is 2. The van der Waals surface area contributed by atoms with Crippen LogP contribution in [0.3, 0.4) is 0 Å². The van der Waals surface area contributed by atoms with E-state index in [0.717, 1.165) is 56.2 Å². The fourth-order valence-electron chi connectivity index (χ4n) is 3.72. The SMILES string of the molecule is CC(C)C(CNC(=O)Nc1ccc(-c2nnnn2C2CC2)cc1)N1CCOCC1. The Morgan fingerprint density at radius 1 is 1.21 bits per heavy atom. The van der Waals surface area contributed by atoms with Gasteiger partial charge in [-0.15, -0.1) is 5.10 Å². The van der Waals surface area contributed by atoms with Crippen molar-refractivity contribution in [3.05, 3.63) is 24.3 Å². The number of carbonyl (C=O) groups excluding carboxylic acids is 1. The molecule has 1 aromatic carbocycles. The van der Waals surface area contributed by atoms with Crippen molar-refractivity contribution < 1.29 is 9.53 Å². The Labute approximate surface area is 170 Å². The molecule has 1 unspecified atom stereocenters. The van der Waals surface area contributed by atoms with Gasteiger partial charge in [-0.25, -0.2) is 9.48 Å². The maximum absolute atomic E-state index is 12.4. The third-order valence-electron chi connectivity index (χ3n) is 5.54. The van der Waals surface area contributed by atoms with Gasteiger partial charge in [0.25, 0.3) is 0 Å². The maximum Gasteiger partial charge on any atom is 0.319 e. The number of carbonyl (C=O) groups is 1. The summed E-state index contributed by atoms with van der Waals surface area (Å²) in [6.07, 6.45) is 2.25. The van der Waals surface area contributed by atoms with E-state index in [4.69, 9.17) is 4.74 Å². The summed E-state index contributed by atoms with van der Waals surface area (Å²) in [5.41, 5.74) is 1.68. The van der Waals surface area contributed by atoms with Crippen molar-refractivity contribution in [3.63, 3.8) is 0 Å². The number of amides is 2. The van der Waals surface area contributed by atoms with Crippen molar-refractivity contribution in [2.24, 2.45) is 5.92 Å². The minimum atomic E-state index is -0.195. The summed E-state index contributed by atoms with van der Waals surface area (Å²) in [5, 5.41) is 17.9. The molecule has 156 valence electrons. The van der Waals surface area contributed by atoms with Gasteiger partial charge in [0.05, 0.1) is 19.3 Å². The molecule has 2 heterocycles. The Morgan fingerprint density at radius 3 is 2.59 bits per heavy atom. The molecule has 1 aromatic heterocycles. The second-order valence-electron chi connectivity index (χ2n) is 8.05. The monoisotopic (exact) mass is 399 g/mol. The molecule has 4 rings (SSSR count). The lowest BCUT2D eigenvalue weighted by molar-refractivity contribution is 0.00728. The van der Waals surface area contributed by atoms with Crippen molar-refractivity contribution in [1.29, 1.82) is 0 Å². The van der Waals surface area contributed by atoms with Gasteiger partial charge in [-0.1, -0.05) is 13.8 Å². The van der Waals surface area contributed by atoms with Crippen molar-refractivity contribution in [2.45, 2.75) is 38.8 Å². The molecule has 0 radical (unpaired) electrons. The van der Waals surface area contributed by atoms with Crippen LogP contribution < -0.4 is 10.6 Å². The normalized spacial score (nSPS) is 18.6. The number of nitrogens with one attached hydrogen (secondary N) is 2. The molecule has 1 atom stereocenters. The number of nitrogens with zero attached hydrogens (tertiary/aromatic N) is 5. The first-order chi connectivity index (χ1) is 14.1. The number of aromatic nitrogens is 4. The van der Waals surface area contributed by atoms with Crippen molar-refractivity contribution >= 4 is 11.7 Å². The van der Waals surface area contributed by atoms with Gasteiger partial charge < -0.3 is 15.4 Å². The number of morpholine rings is 1. The fourth-order valence-corrected chi connectivity index (χ4v) is 3.72. The number of hydrogen-bond acceptors (Lipinski definition) is 6. The Hall–Kier alpha value is -2.52. The molecule has 9 nitrogen and oxygen atoms in total. The smallest absolute Gasteiger partial charge is 0.319 e. The van der Waals surface area contributed by atoms with E-state index in [2.05, 4.69) is 44.9 Å². The van der Waals surface area contributed by atoms with Crippen molar-refractivity contribution in [1.82, 2.24) is 30.4 Å². The minimum Gasteiger partial charge on any atom is -0.379 e. The van der Waals surface area contributed by atoms with Crippen LogP contribution in [-0.2, 0) is 4.74 Å². The Balaban J connectivity index is 1.31. The molecule has 1 aliphatic heterocycles. The van der Waals surface area contributed by atoms with E-state index >= 15 is 0 Å². The predicted molar refractivity (Wildman–Crippen MR) is 110 cm³/mol. The molecular weight excluding hydrogens is 370 g/mol. The molecule has 2 aliphatic rings. The summed E-state index contributed by atoms with van der Waals surface area (Å²) in [5.74, 6) is 1.22. The lowest BCUT2D eigenvalue weighted by atomic mass is 10.0. The number of benzene rings is 1. The van der Waals surface area contributed by atoms with E-state index in [-0.39, 0.29) is 6.03 Å². The molecule has 1 saturated carbocycles. The second kappa shape index (κ2) is 8.87. The molecule has 2 aromatic rings. The molecule has 0 bridgehead atoms. The first-order valence-electron chi connectivity index (χ1n) is 10.4. The fraction of sp³-hybridized carbons (Fsp3) is 0.600. The van der Waals surface area contributed by atoms with E-state index in [0.29, 0.717) is 24.5 Å². The lowest BCUT2D eigenvalue weighted by Crippen LogP contribution is -2.51. The minimum absolute atomic E-state index is 0.195. The first-order valence-corrected chi connectivity index (χ1v) is 10.4. The maximum atomic E-state index is 12.4. The third kappa shape index (κ3) is 4.91. The zero-order chi connectivity index (χ0) is 20.2.